The van der Waals surface area contributed by atoms with Gasteiger partial charge in [0.15, 0.2) is 0 Å². The molecule has 0 saturated carbocycles. The van der Waals surface area contributed by atoms with Crippen LogP contribution in [0.15, 0.2) is 54.1 Å². The Balaban J connectivity index is 1.72. The van der Waals surface area contributed by atoms with Gasteiger partial charge in [-0.15, -0.1) is 0 Å². The van der Waals surface area contributed by atoms with Crippen LogP contribution in [0.4, 0.5) is 0 Å². The van der Waals surface area contributed by atoms with Crippen LogP contribution in [-0.2, 0) is 14.3 Å². The second-order valence-electron chi connectivity index (χ2n) is 8.09. The highest BCUT2D eigenvalue weighted by Gasteiger charge is 2.46. The quantitative estimate of drug-likeness (QED) is 0.426. The number of aryl methyl sites for hydroxylation is 1. The number of rotatable bonds is 6. The number of carbonyl (C=O) groups excluding carboxylic acids is 2. The van der Waals surface area contributed by atoms with E-state index < -0.39 is 17.7 Å². The predicted molar refractivity (Wildman–Crippen MR) is 120 cm³/mol. The number of methoxy groups -OCH3 is 1. The molecule has 168 valence electrons. The molecule has 2 fully saturated rings. The van der Waals surface area contributed by atoms with Crippen LogP contribution in [0.5, 0.6) is 5.75 Å². The van der Waals surface area contributed by atoms with Crippen molar-refractivity contribution in [1.29, 1.82) is 0 Å². The fourth-order valence-corrected chi connectivity index (χ4v) is 4.18. The third-order valence-electron chi connectivity index (χ3n) is 6.06. The molecule has 2 aromatic carbocycles. The number of ketones is 1. The maximum atomic E-state index is 13.1. The fraction of sp³-hybridized carbons (Fsp3) is 0.360. The first-order valence-corrected chi connectivity index (χ1v) is 10.8. The third-order valence-corrected chi connectivity index (χ3v) is 6.06. The first-order valence-electron chi connectivity index (χ1n) is 10.8. The van der Waals surface area contributed by atoms with Gasteiger partial charge < -0.3 is 19.5 Å². The topological polar surface area (TPSA) is 79.3 Å². The first-order chi connectivity index (χ1) is 15.5. The van der Waals surface area contributed by atoms with Gasteiger partial charge in [0.05, 0.1) is 31.9 Å². The lowest BCUT2D eigenvalue weighted by Crippen LogP contribution is -2.42. The van der Waals surface area contributed by atoms with Gasteiger partial charge in [0.25, 0.3) is 11.7 Å². The van der Waals surface area contributed by atoms with Crippen molar-refractivity contribution in [1.82, 2.24) is 9.80 Å². The summed E-state index contributed by atoms with van der Waals surface area (Å²) in [4.78, 5) is 29.9. The van der Waals surface area contributed by atoms with Crippen LogP contribution >= 0.6 is 0 Å². The van der Waals surface area contributed by atoms with Crippen LogP contribution in [0.3, 0.4) is 0 Å². The Morgan fingerprint density at radius 2 is 1.69 bits per heavy atom. The summed E-state index contributed by atoms with van der Waals surface area (Å²) >= 11 is 0. The van der Waals surface area contributed by atoms with E-state index in [4.69, 9.17) is 9.47 Å². The number of morpholine rings is 1. The Kier molecular flexibility index (Phi) is 6.58. The van der Waals surface area contributed by atoms with Crippen LogP contribution in [-0.4, -0.2) is 73.1 Å². The minimum Gasteiger partial charge on any atom is -0.507 e. The molecule has 0 aliphatic carbocycles. The Morgan fingerprint density at radius 1 is 1.03 bits per heavy atom. The van der Waals surface area contributed by atoms with Crippen molar-refractivity contribution < 1.29 is 24.2 Å². The molecule has 2 heterocycles. The molecule has 2 aromatic rings. The Labute approximate surface area is 187 Å². The highest BCUT2D eigenvalue weighted by Crippen LogP contribution is 2.39. The number of likely N-dealkylation sites (tertiary alicyclic amines) is 1. The zero-order chi connectivity index (χ0) is 22.7. The van der Waals surface area contributed by atoms with Gasteiger partial charge in [0.2, 0.25) is 0 Å². The lowest BCUT2D eigenvalue weighted by Gasteiger charge is -2.31. The minimum absolute atomic E-state index is 0.117. The minimum atomic E-state index is -0.664. The number of carbonyl (C=O) groups is 2. The number of aliphatic hydroxyl groups excluding tert-OH is 1. The Hall–Kier alpha value is -3.16. The number of hydrogen-bond donors (Lipinski definition) is 1. The van der Waals surface area contributed by atoms with Crippen LogP contribution in [0.1, 0.15) is 22.7 Å². The molecule has 2 aliphatic rings. The van der Waals surface area contributed by atoms with Crippen LogP contribution in [0.25, 0.3) is 5.76 Å². The summed E-state index contributed by atoms with van der Waals surface area (Å²) < 4.78 is 10.7. The van der Waals surface area contributed by atoms with Crippen molar-refractivity contribution in [2.45, 2.75) is 13.0 Å². The molecular weight excluding hydrogens is 408 g/mol. The smallest absolute Gasteiger partial charge is 0.295 e. The summed E-state index contributed by atoms with van der Waals surface area (Å²) in [6, 6.07) is 13.8. The molecule has 1 atom stereocenters. The second kappa shape index (κ2) is 9.54. The van der Waals surface area contributed by atoms with E-state index in [-0.39, 0.29) is 11.3 Å². The Bertz CT molecular complexity index is 1010. The average molecular weight is 437 g/mol. The molecule has 1 N–H and O–H groups in total. The van der Waals surface area contributed by atoms with Gasteiger partial charge in [-0.05, 0) is 24.6 Å². The summed E-state index contributed by atoms with van der Waals surface area (Å²) in [5, 5.41) is 11.1. The lowest BCUT2D eigenvalue weighted by molar-refractivity contribution is -0.140. The van der Waals surface area contributed by atoms with Crippen molar-refractivity contribution in [2.24, 2.45) is 0 Å². The SMILES string of the molecule is COc1ccc(C2/C(=C(/O)c3ccc(C)cc3)C(=O)C(=O)N2CCN2CCOCC2)cc1. The fourth-order valence-electron chi connectivity index (χ4n) is 4.18. The molecule has 0 radical (unpaired) electrons. The van der Waals surface area contributed by atoms with Gasteiger partial charge in [-0.1, -0.05) is 42.0 Å². The molecular formula is C25H28N2O5. The summed E-state index contributed by atoms with van der Waals surface area (Å²) in [6.45, 7) is 5.87. The van der Waals surface area contributed by atoms with Gasteiger partial charge >= 0.3 is 0 Å². The molecule has 2 saturated heterocycles. The zero-order valence-corrected chi connectivity index (χ0v) is 18.4. The maximum Gasteiger partial charge on any atom is 0.295 e. The number of nitrogens with zero attached hydrogens (tertiary/aromatic N) is 2. The zero-order valence-electron chi connectivity index (χ0n) is 18.4. The molecule has 0 aromatic heterocycles. The van der Waals surface area contributed by atoms with Gasteiger partial charge in [-0.2, -0.15) is 0 Å². The third kappa shape index (κ3) is 4.40. The summed E-state index contributed by atoms with van der Waals surface area (Å²) in [5.41, 5.74) is 2.42. The van der Waals surface area contributed by atoms with Crippen molar-refractivity contribution in [3.8, 4) is 5.75 Å². The molecule has 0 spiro atoms. The van der Waals surface area contributed by atoms with E-state index in [2.05, 4.69) is 4.90 Å². The van der Waals surface area contributed by atoms with E-state index in [1.165, 1.54) is 0 Å². The summed E-state index contributed by atoms with van der Waals surface area (Å²) in [6.07, 6.45) is 0. The van der Waals surface area contributed by atoms with Gasteiger partial charge in [-0.25, -0.2) is 0 Å². The van der Waals surface area contributed by atoms with Crippen LogP contribution in [0, 0.1) is 6.92 Å². The monoisotopic (exact) mass is 436 g/mol. The van der Waals surface area contributed by atoms with Crippen molar-refractivity contribution in [3.05, 3.63) is 70.8 Å². The predicted octanol–water partition coefficient (Wildman–Crippen LogP) is 2.76. The number of benzene rings is 2. The van der Waals surface area contributed by atoms with Gasteiger partial charge in [0.1, 0.15) is 11.5 Å². The lowest BCUT2D eigenvalue weighted by atomic mass is 9.95. The highest BCUT2D eigenvalue weighted by molar-refractivity contribution is 6.46. The molecule has 7 nitrogen and oxygen atoms in total. The van der Waals surface area contributed by atoms with Crippen molar-refractivity contribution in [2.75, 3.05) is 46.5 Å². The van der Waals surface area contributed by atoms with E-state index in [0.29, 0.717) is 37.6 Å². The normalized spacial score (nSPS) is 21.2. The Morgan fingerprint density at radius 3 is 2.31 bits per heavy atom. The highest BCUT2D eigenvalue weighted by atomic mass is 16.5. The van der Waals surface area contributed by atoms with Gasteiger partial charge in [0, 0.05) is 31.7 Å². The molecule has 2 aliphatic heterocycles. The first kappa shape index (κ1) is 22.0. The van der Waals surface area contributed by atoms with Crippen molar-refractivity contribution >= 4 is 17.4 Å². The standard InChI is InChI=1S/C25H28N2O5/c1-17-3-5-19(6-4-17)23(28)21-22(18-7-9-20(31-2)10-8-18)27(25(30)24(21)29)12-11-26-13-15-32-16-14-26/h3-10,22,28H,11-16H2,1-2H3/b23-21-. The molecule has 1 unspecified atom stereocenters. The van der Waals surface area contributed by atoms with Gasteiger partial charge in [-0.3, -0.25) is 14.5 Å². The van der Waals surface area contributed by atoms with E-state index in [9.17, 15) is 14.7 Å². The average Bonchev–Trinajstić information content (AvgIpc) is 3.08. The number of amides is 1. The second-order valence-corrected chi connectivity index (χ2v) is 8.09. The summed E-state index contributed by atoms with van der Waals surface area (Å²) in [7, 11) is 1.58. The molecule has 1 amide bonds. The number of aliphatic hydroxyl groups is 1. The number of hydrogen-bond acceptors (Lipinski definition) is 6. The van der Waals surface area contributed by atoms with E-state index in [1.807, 2.05) is 31.2 Å². The number of ether oxygens (including phenoxy) is 2. The number of Topliss-reactive ketones (excluding diaryl/α,β-unsaturated/α-hetero) is 1. The van der Waals surface area contributed by atoms with E-state index >= 15 is 0 Å². The van der Waals surface area contributed by atoms with Crippen LogP contribution in [0.2, 0.25) is 0 Å². The largest absolute Gasteiger partial charge is 0.507 e. The van der Waals surface area contributed by atoms with Crippen molar-refractivity contribution in [3.63, 3.8) is 0 Å². The molecule has 0 bridgehead atoms. The molecule has 7 heteroatoms. The molecule has 4 rings (SSSR count). The summed E-state index contributed by atoms with van der Waals surface area (Å²) in [5.74, 6) is -0.728. The molecule has 32 heavy (non-hydrogen) atoms. The van der Waals surface area contributed by atoms with E-state index in [1.54, 1.807) is 36.3 Å². The maximum absolute atomic E-state index is 13.1. The van der Waals surface area contributed by atoms with E-state index in [0.717, 1.165) is 24.2 Å². The van der Waals surface area contributed by atoms with Crippen LogP contribution < -0.4 is 4.74 Å².